The Hall–Kier alpha value is -1.92. The van der Waals surface area contributed by atoms with Crippen molar-refractivity contribution in [3.05, 3.63) is 68.6 Å². The lowest BCUT2D eigenvalue weighted by Crippen LogP contribution is -2.21. The molecule has 0 aliphatic heterocycles. The quantitative estimate of drug-likeness (QED) is 0.750. The largest absolute Gasteiger partial charge is 0.347 e. The Balaban J connectivity index is 1.67. The van der Waals surface area contributed by atoms with Gasteiger partial charge in [0, 0.05) is 20.4 Å². The van der Waals surface area contributed by atoms with Gasteiger partial charge in [-0.25, -0.2) is 4.68 Å². The van der Waals surface area contributed by atoms with Crippen LogP contribution in [0.25, 0.3) is 5.69 Å². The molecule has 4 nitrogen and oxygen atoms in total. The molecule has 0 saturated heterocycles. The fourth-order valence-corrected chi connectivity index (χ4v) is 3.12. The van der Waals surface area contributed by atoms with E-state index in [2.05, 4.69) is 39.3 Å². The number of nitrogens with one attached hydrogen (secondary N) is 1. The summed E-state index contributed by atoms with van der Waals surface area (Å²) in [6.45, 7) is 2.60. The number of thiophene rings is 1. The van der Waals surface area contributed by atoms with Gasteiger partial charge in [0.2, 0.25) is 0 Å². The van der Waals surface area contributed by atoms with E-state index in [1.807, 2.05) is 30.3 Å². The number of benzene rings is 1. The Morgan fingerprint density at radius 3 is 2.73 bits per heavy atom. The molecule has 0 aliphatic rings. The predicted molar refractivity (Wildman–Crippen MR) is 91.5 cm³/mol. The molecule has 0 saturated carbocycles. The van der Waals surface area contributed by atoms with E-state index in [9.17, 15) is 4.79 Å². The molecule has 0 aliphatic carbocycles. The zero-order chi connectivity index (χ0) is 15.5. The number of aromatic nitrogens is 2. The van der Waals surface area contributed by atoms with Crippen LogP contribution in [0.5, 0.6) is 0 Å². The second-order valence-corrected chi connectivity index (χ2v) is 7.13. The minimum atomic E-state index is -0.116. The van der Waals surface area contributed by atoms with E-state index in [-0.39, 0.29) is 5.91 Å². The zero-order valence-corrected chi connectivity index (χ0v) is 14.3. The molecule has 0 bridgehead atoms. The van der Waals surface area contributed by atoms with Gasteiger partial charge in [0.25, 0.3) is 5.91 Å². The minimum Gasteiger partial charge on any atom is -0.347 e. The first kappa shape index (κ1) is 15.0. The van der Waals surface area contributed by atoms with Crippen LogP contribution in [0.2, 0.25) is 0 Å². The molecule has 3 rings (SSSR count). The second kappa shape index (κ2) is 6.46. The third-order valence-electron chi connectivity index (χ3n) is 3.16. The Bertz CT molecular complexity index is 792. The molecule has 0 fully saturated rings. The fraction of sp³-hybridized carbons (Fsp3) is 0.125. The fourth-order valence-electron chi connectivity index (χ4n) is 2.02. The summed E-state index contributed by atoms with van der Waals surface area (Å²) in [7, 11) is 0. The van der Waals surface area contributed by atoms with E-state index in [0.29, 0.717) is 12.1 Å². The van der Waals surface area contributed by atoms with Crippen LogP contribution < -0.4 is 5.32 Å². The smallest absolute Gasteiger partial charge is 0.254 e. The highest BCUT2D eigenvalue weighted by molar-refractivity contribution is 9.10. The standard InChI is InChI=1S/C16H14BrN3OS/c1-11-2-7-15(22-11)9-18-16(21)12-8-19-20(10-12)14-5-3-13(17)4-6-14/h2-8,10H,9H2,1H3,(H,18,21). The molecule has 0 atom stereocenters. The minimum absolute atomic E-state index is 0.116. The van der Waals surface area contributed by atoms with E-state index in [1.165, 1.54) is 4.88 Å². The summed E-state index contributed by atoms with van der Waals surface area (Å²) in [6, 6.07) is 11.8. The van der Waals surface area contributed by atoms with Gasteiger partial charge in [-0.3, -0.25) is 4.79 Å². The molecule has 1 amide bonds. The average Bonchev–Trinajstić information content (AvgIpc) is 3.15. The Kier molecular flexibility index (Phi) is 4.40. The van der Waals surface area contributed by atoms with Gasteiger partial charge in [-0.1, -0.05) is 15.9 Å². The topological polar surface area (TPSA) is 46.9 Å². The maximum atomic E-state index is 12.2. The van der Waals surface area contributed by atoms with Crippen LogP contribution in [0.3, 0.4) is 0 Å². The molecule has 0 unspecified atom stereocenters. The normalized spacial score (nSPS) is 10.6. The first-order valence-electron chi connectivity index (χ1n) is 6.76. The molecule has 22 heavy (non-hydrogen) atoms. The average molecular weight is 376 g/mol. The third kappa shape index (κ3) is 3.45. The summed E-state index contributed by atoms with van der Waals surface area (Å²) >= 11 is 5.09. The zero-order valence-electron chi connectivity index (χ0n) is 11.9. The van der Waals surface area contributed by atoms with Crippen LogP contribution in [0.1, 0.15) is 20.1 Å². The van der Waals surface area contributed by atoms with Crippen molar-refractivity contribution in [2.45, 2.75) is 13.5 Å². The maximum absolute atomic E-state index is 12.2. The summed E-state index contributed by atoms with van der Waals surface area (Å²) in [4.78, 5) is 14.5. The first-order chi connectivity index (χ1) is 10.6. The highest BCUT2D eigenvalue weighted by Gasteiger charge is 2.09. The van der Waals surface area contributed by atoms with Crippen LogP contribution in [0.15, 0.2) is 53.3 Å². The summed E-state index contributed by atoms with van der Waals surface area (Å²) in [6.07, 6.45) is 3.31. The van der Waals surface area contributed by atoms with Gasteiger partial charge in [-0.05, 0) is 43.3 Å². The summed E-state index contributed by atoms with van der Waals surface area (Å²) in [5.74, 6) is -0.116. The van der Waals surface area contributed by atoms with E-state index >= 15 is 0 Å². The molecule has 3 aromatic rings. The lowest BCUT2D eigenvalue weighted by atomic mass is 10.3. The van der Waals surface area contributed by atoms with Gasteiger partial charge in [-0.2, -0.15) is 5.10 Å². The van der Waals surface area contributed by atoms with E-state index in [1.54, 1.807) is 28.4 Å². The van der Waals surface area contributed by atoms with Gasteiger partial charge in [0.05, 0.1) is 24.0 Å². The van der Waals surface area contributed by atoms with Gasteiger partial charge < -0.3 is 5.32 Å². The lowest BCUT2D eigenvalue weighted by Gasteiger charge is -2.02. The Morgan fingerprint density at radius 1 is 1.27 bits per heavy atom. The number of hydrogen-bond acceptors (Lipinski definition) is 3. The second-order valence-electron chi connectivity index (χ2n) is 4.85. The maximum Gasteiger partial charge on any atom is 0.254 e. The van der Waals surface area contributed by atoms with Crippen LogP contribution in [-0.2, 0) is 6.54 Å². The number of halogens is 1. The van der Waals surface area contributed by atoms with Crippen molar-refractivity contribution < 1.29 is 4.79 Å². The molecular weight excluding hydrogens is 362 g/mol. The lowest BCUT2D eigenvalue weighted by molar-refractivity contribution is 0.0951. The van der Waals surface area contributed by atoms with Gasteiger partial charge in [-0.15, -0.1) is 11.3 Å². The number of rotatable bonds is 4. The monoisotopic (exact) mass is 375 g/mol. The van der Waals surface area contributed by atoms with Gasteiger partial charge in [0.15, 0.2) is 0 Å². The van der Waals surface area contributed by atoms with Crippen molar-refractivity contribution in [2.24, 2.45) is 0 Å². The molecule has 0 spiro atoms. The number of nitrogens with zero attached hydrogens (tertiary/aromatic N) is 2. The summed E-state index contributed by atoms with van der Waals surface area (Å²) in [5.41, 5.74) is 1.47. The Labute approximate surface area is 140 Å². The predicted octanol–water partition coefficient (Wildman–Crippen LogP) is 3.93. The van der Waals surface area contributed by atoms with Crippen molar-refractivity contribution in [1.29, 1.82) is 0 Å². The number of carbonyl (C=O) groups excluding carboxylic acids is 1. The van der Waals surface area contributed by atoms with Gasteiger partial charge in [0.1, 0.15) is 0 Å². The number of carbonyl (C=O) groups is 1. The van der Waals surface area contributed by atoms with Crippen molar-refractivity contribution >= 4 is 33.2 Å². The van der Waals surface area contributed by atoms with Crippen LogP contribution in [0.4, 0.5) is 0 Å². The molecule has 2 heterocycles. The summed E-state index contributed by atoms with van der Waals surface area (Å²) < 4.78 is 2.70. The molecule has 112 valence electrons. The van der Waals surface area contributed by atoms with Crippen molar-refractivity contribution in [3.63, 3.8) is 0 Å². The molecule has 2 aromatic heterocycles. The van der Waals surface area contributed by atoms with E-state index in [0.717, 1.165) is 15.0 Å². The summed E-state index contributed by atoms with van der Waals surface area (Å²) in [5, 5.41) is 7.15. The van der Waals surface area contributed by atoms with Crippen molar-refractivity contribution in [3.8, 4) is 5.69 Å². The van der Waals surface area contributed by atoms with E-state index in [4.69, 9.17) is 0 Å². The van der Waals surface area contributed by atoms with Crippen LogP contribution in [-0.4, -0.2) is 15.7 Å². The first-order valence-corrected chi connectivity index (χ1v) is 8.37. The molecule has 1 N–H and O–H groups in total. The molecule has 0 radical (unpaired) electrons. The molecule has 6 heteroatoms. The van der Waals surface area contributed by atoms with Crippen molar-refractivity contribution in [2.75, 3.05) is 0 Å². The Morgan fingerprint density at radius 2 is 2.05 bits per heavy atom. The van der Waals surface area contributed by atoms with Gasteiger partial charge >= 0.3 is 0 Å². The highest BCUT2D eigenvalue weighted by Crippen LogP contribution is 2.16. The number of aryl methyl sites for hydroxylation is 1. The molecule has 1 aromatic carbocycles. The van der Waals surface area contributed by atoms with Crippen LogP contribution in [0, 0.1) is 6.92 Å². The third-order valence-corrected chi connectivity index (χ3v) is 4.68. The number of amides is 1. The van der Waals surface area contributed by atoms with E-state index < -0.39 is 0 Å². The van der Waals surface area contributed by atoms with Crippen molar-refractivity contribution in [1.82, 2.24) is 15.1 Å². The van der Waals surface area contributed by atoms with Crippen LogP contribution >= 0.6 is 27.3 Å². The SMILES string of the molecule is Cc1ccc(CNC(=O)c2cnn(-c3ccc(Br)cc3)c2)s1. The highest BCUT2D eigenvalue weighted by atomic mass is 79.9. The molecular formula is C16H14BrN3OS. The number of hydrogen-bond donors (Lipinski definition) is 1.